The first-order valence-corrected chi connectivity index (χ1v) is 8.55. The van der Waals surface area contributed by atoms with Crippen molar-refractivity contribution in [3.8, 4) is 0 Å². The minimum Gasteiger partial charge on any atom is -0.351 e. The molecule has 1 aliphatic heterocycles. The quantitative estimate of drug-likeness (QED) is 0.811. The summed E-state index contributed by atoms with van der Waals surface area (Å²) in [6.07, 6.45) is 2.85. The lowest BCUT2D eigenvalue weighted by Gasteiger charge is -2.33. The van der Waals surface area contributed by atoms with E-state index in [1.54, 1.807) is 24.0 Å². The maximum atomic E-state index is 12.5. The Bertz CT molecular complexity index is 795. The highest BCUT2D eigenvalue weighted by Crippen LogP contribution is 2.17. The molecule has 0 N–H and O–H groups in total. The van der Waals surface area contributed by atoms with Gasteiger partial charge in [0.05, 0.1) is 5.69 Å². The zero-order valence-corrected chi connectivity index (χ0v) is 13.4. The molecule has 2 aromatic rings. The van der Waals surface area contributed by atoms with Gasteiger partial charge in [-0.15, -0.1) is 0 Å². The monoisotopic (exact) mass is 336 g/mol. The fourth-order valence-electron chi connectivity index (χ4n) is 2.40. The normalized spacial score (nSPS) is 16.5. The minimum atomic E-state index is -3.57. The number of piperazine rings is 1. The molecule has 1 saturated heterocycles. The Morgan fingerprint density at radius 1 is 1.26 bits per heavy atom. The third-order valence-corrected chi connectivity index (χ3v) is 5.52. The van der Waals surface area contributed by atoms with E-state index in [1.165, 1.54) is 22.8 Å². The topological polar surface area (TPSA) is 96.6 Å². The van der Waals surface area contributed by atoms with Gasteiger partial charge in [0.25, 0.3) is 5.91 Å². The van der Waals surface area contributed by atoms with Crippen molar-refractivity contribution in [2.24, 2.45) is 0 Å². The van der Waals surface area contributed by atoms with Crippen molar-refractivity contribution in [2.45, 2.75) is 11.8 Å². The maximum Gasteiger partial charge on any atom is 0.292 e. The molecule has 2 aromatic heterocycles. The Morgan fingerprint density at radius 3 is 2.57 bits per heavy atom. The number of sulfonamides is 1. The predicted molar refractivity (Wildman–Crippen MR) is 80.1 cm³/mol. The summed E-state index contributed by atoms with van der Waals surface area (Å²) in [4.78, 5) is 17.8. The molecule has 0 aliphatic carbocycles. The number of aryl methyl sites for hydroxylation is 1. The van der Waals surface area contributed by atoms with E-state index in [9.17, 15) is 13.2 Å². The molecular formula is C14H16N4O4S. The van der Waals surface area contributed by atoms with Crippen molar-refractivity contribution in [2.75, 3.05) is 26.2 Å². The molecule has 3 rings (SSSR count). The number of nitrogens with zero attached hydrogens (tertiary/aromatic N) is 4. The number of pyridine rings is 1. The number of hydrogen-bond acceptors (Lipinski definition) is 6. The Labute approximate surface area is 133 Å². The van der Waals surface area contributed by atoms with E-state index in [0.29, 0.717) is 18.8 Å². The second-order valence-corrected chi connectivity index (χ2v) is 7.16. The molecule has 0 bridgehead atoms. The van der Waals surface area contributed by atoms with Crippen LogP contribution in [0.2, 0.25) is 0 Å². The van der Waals surface area contributed by atoms with Crippen LogP contribution in [0.5, 0.6) is 0 Å². The van der Waals surface area contributed by atoms with Gasteiger partial charge in [-0.2, -0.15) is 4.31 Å². The van der Waals surface area contributed by atoms with Gasteiger partial charge in [0, 0.05) is 44.6 Å². The van der Waals surface area contributed by atoms with Crippen LogP contribution in [0, 0.1) is 6.92 Å². The molecule has 0 aromatic carbocycles. The van der Waals surface area contributed by atoms with Crippen LogP contribution in [0.1, 0.15) is 16.2 Å². The molecule has 0 atom stereocenters. The van der Waals surface area contributed by atoms with E-state index in [1.807, 2.05) is 0 Å². The molecule has 0 saturated carbocycles. The maximum absolute atomic E-state index is 12.5. The summed E-state index contributed by atoms with van der Waals surface area (Å²) in [6.45, 7) is 2.81. The molecule has 23 heavy (non-hydrogen) atoms. The van der Waals surface area contributed by atoms with Crippen LogP contribution >= 0.6 is 0 Å². The fourth-order valence-corrected chi connectivity index (χ4v) is 3.79. The minimum absolute atomic E-state index is 0.158. The standard InChI is InChI=1S/C14H16N4O4S/c1-11-9-13(22-16-11)14(19)17-5-7-18(8-6-17)23(20,21)12-3-2-4-15-10-12/h2-4,9-10H,5-8H2,1H3. The molecule has 9 heteroatoms. The summed E-state index contributed by atoms with van der Waals surface area (Å²) in [7, 11) is -3.57. The highest BCUT2D eigenvalue weighted by atomic mass is 32.2. The number of carbonyl (C=O) groups excluding carboxylic acids is 1. The van der Waals surface area contributed by atoms with E-state index in [0.717, 1.165) is 0 Å². The van der Waals surface area contributed by atoms with E-state index in [4.69, 9.17) is 4.52 Å². The van der Waals surface area contributed by atoms with Gasteiger partial charge in [-0.25, -0.2) is 8.42 Å². The molecule has 0 radical (unpaired) electrons. The second-order valence-electron chi connectivity index (χ2n) is 5.22. The smallest absolute Gasteiger partial charge is 0.292 e. The van der Waals surface area contributed by atoms with Gasteiger partial charge in [0.15, 0.2) is 0 Å². The van der Waals surface area contributed by atoms with Crippen molar-refractivity contribution in [3.63, 3.8) is 0 Å². The molecule has 0 spiro atoms. The summed E-state index contributed by atoms with van der Waals surface area (Å²) < 4.78 is 31.3. The van der Waals surface area contributed by atoms with Crippen molar-refractivity contribution >= 4 is 15.9 Å². The van der Waals surface area contributed by atoms with Crippen LogP contribution < -0.4 is 0 Å². The zero-order valence-electron chi connectivity index (χ0n) is 12.5. The average molecular weight is 336 g/mol. The summed E-state index contributed by atoms with van der Waals surface area (Å²) in [5.74, 6) is -0.102. The van der Waals surface area contributed by atoms with Crippen LogP contribution in [-0.2, 0) is 10.0 Å². The van der Waals surface area contributed by atoms with Gasteiger partial charge in [0.1, 0.15) is 4.90 Å². The Morgan fingerprint density at radius 2 is 2.00 bits per heavy atom. The Balaban J connectivity index is 1.68. The van der Waals surface area contributed by atoms with Gasteiger partial charge in [0.2, 0.25) is 15.8 Å². The van der Waals surface area contributed by atoms with Crippen LogP contribution in [0.3, 0.4) is 0 Å². The van der Waals surface area contributed by atoms with Crippen LogP contribution in [0.25, 0.3) is 0 Å². The number of hydrogen-bond donors (Lipinski definition) is 0. The van der Waals surface area contributed by atoms with Gasteiger partial charge >= 0.3 is 0 Å². The van der Waals surface area contributed by atoms with E-state index < -0.39 is 10.0 Å². The van der Waals surface area contributed by atoms with Crippen molar-refractivity contribution in [1.82, 2.24) is 19.3 Å². The van der Waals surface area contributed by atoms with Crippen molar-refractivity contribution in [3.05, 3.63) is 42.0 Å². The lowest BCUT2D eigenvalue weighted by molar-refractivity contribution is 0.0656. The molecule has 122 valence electrons. The summed E-state index contributed by atoms with van der Waals surface area (Å²) in [5.41, 5.74) is 0.631. The fraction of sp³-hybridized carbons (Fsp3) is 0.357. The third-order valence-electron chi connectivity index (χ3n) is 3.64. The lowest BCUT2D eigenvalue weighted by Crippen LogP contribution is -2.50. The summed E-state index contributed by atoms with van der Waals surface area (Å²) in [6, 6.07) is 4.66. The highest BCUT2D eigenvalue weighted by molar-refractivity contribution is 7.89. The highest BCUT2D eigenvalue weighted by Gasteiger charge is 2.31. The summed E-state index contributed by atoms with van der Waals surface area (Å²) >= 11 is 0. The predicted octanol–water partition coefficient (Wildman–Crippen LogP) is 0.525. The Hall–Kier alpha value is -2.26. The first kappa shape index (κ1) is 15.6. The molecule has 1 fully saturated rings. The van der Waals surface area contributed by atoms with Gasteiger partial charge in [-0.3, -0.25) is 9.78 Å². The van der Waals surface area contributed by atoms with Crippen molar-refractivity contribution < 1.29 is 17.7 Å². The van der Waals surface area contributed by atoms with Crippen molar-refractivity contribution in [1.29, 1.82) is 0 Å². The molecule has 1 aliphatic rings. The molecule has 8 nitrogen and oxygen atoms in total. The number of rotatable bonds is 3. The number of aromatic nitrogens is 2. The lowest BCUT2D eigenvalue weighted by atomic mass is 10.3. The second kappa shape index (κ2) is 6.09. The zero-order chi connectivity index (χ0) is 16.4. The first-order valence-electron chi connectivity index (χ1n) is 7.11. The Kier molecular flexibility index (Phi) is 4.14. The van der Waals surface area contributed by atoms with Crippen LogP contribution in [-0.4, -0.2) is 59.8 Å². The SMILES string of the molecule is Cc1cc(C(=O)N2CCN(S(=O)(=O)c3cccnc3)CC2)on1. The van der Waals surface area contributed by atoms with Crippen LogP contribution in [0.15, 0.2) is 40.0 Å². The van der Waals surface area contributed by atoms with E-state index in [-0.39, 0.29) is 29.7 Å². The molecule has 3 heterocycles. The molecular weight excluding hydrogens is 320 g/mol. The van der Waals surface area contributed by atoms with Gasteiger partial charge in [-0.1, -0.05) is 5.16 Å². The largest absolute Gasteiger partial charge is 0.351 e. The van der Waals surface area contributed by atoms with E-state index >= 15 is 0 Å². The summed E-state index contributed by atoms with van der Waals surface area (Å²) in [5, 5.41) is 3.69. The number of carbonyl (C=O) groups is 1. The first-order chi connectivity index (χ1) is 11.0. The van der Waals surface area contributed by atoms with Gasteiger partial charge < -0.3 is 9.42 Å². The van der Waals surface area contributed by atoms with Crippen LogP contribution in [0.4, 0.5) is 0 Å². The van der Waals surface area contributed by atoms with E-state index in [2.05, 4.69) is 10.1 Å². The molecule has 1 amide bonds. The van der Waals surface area contributed by atoms with Gasteiger partial charge in [-0.05, 0) is 19.1 Å². The molecule has 0 unspecified atom stereocenters. The number of amides is 1. The third kappa shape index (κ3) is 3.10. The average Bonchev–Trinajstić information content (AvgIpc) is 3.01.